The SMILES string of the molecule is COc1ccc(Oc2c(CN(C[C@H](O)COC(C)C)C(C)C)c(-c3ccccc3)nn2C)cc1. The van der Waals surface area contributed by atoms with Gasteiger partial charge in [0.15, 0.2) is 0 Å². The molecule has 1 N–H and O–H groups in total. The highest BCUT2D eigenvalue weighted by molar-refractivity contribution is 5.65. The van der Waals surface area contributed by atoms with Crippen LogP contribution in [0.2, 0.25) is 0 Å². The largest absolute Gasteiger partial charge is 0.497 e. The molecule has 3 rings (SSSR count). The fourth-order valence-corrected chi connectivity index (χ4v) is 3.69. The van der Waals surface area contributed by atoms with Gasteiger partial charge in [0.25, 0.3) is 0 Å². The lowest BCUT2D eigenvalue weighted by molar-refractivity contribution is -0.0137. The smallest absolute Gasteiger partial charge is 0.222 e. The first-order valence-corrected chi connectivity index (χ1v) is 11.7. The van der Waals surface area contributed by atoms with Crippen molar-refractivity contribution >= 4 is 0 Å². The van der Waals surface area contributed by atoms with Crippen LogP contribution in [0.4, 0.5) is 0 Å². The van der Waals surface area contributed by atoms with Crippen molar-refractivity contribution in [2.24, 2.45) is 7.05 Å². The Balaban J connectivity index is 1.94. The highest BCUT2D eigenvalue weighted by atomic mass is 16.5. The molecule has 7 nitrogen and oxygen atoms in total. The first-order chi connectivity index (χ1) is 16.3. The number of rotatable bonds is 12. The molecule has 34 heavy (non-hydrogen) atoms. The summed E-state index contributed by atoms with van der Waals surface area (Å²) in [6.45, 7) is 9.54. The van der Waals surface area contributed by atoms with Crippen molar-refractivity contribution in [1.29, 1.82) is 0 Å². The third-order valence-corrected chi connectivity index (χ3v) is 5.57. The molecule has 0 bridgehead atoms. The Labute approximate surface area is 202 Å². The minimum absolute atomic E-state index is 0.0784. The summed E-state index contributed by atoms with van der Waals surface area (Å²) >= 11 is 0. The molecule has 1 heterocycles. The van der Waals surface area contributed by atoms with Crippen LogP contribution in [0.15, 0.2) is 54.6 Å². The number of hydrogen-bond acceptors (Lipinski definition) is 6. The summed E-state index contributed by atoms with van der Waals surface area (Å²) < 4.78 is 19.0. The summed E-state index contributed by atoms with van der Waals surface area (Å²) in [6.07, 6.45) is -0.512. The van der Waals surface area contributed by atoms with Crippen LogP contribution < -0.4 is 9.47 Å². The second kappa shape index (κ2) is 12.0. The van der Waals surface area contributed by atoms with Crippen LogP contribution in [-0.2, 0) is 18.3 Å². The van der Waals surface area contributed by atoms with Gasteiger partial charge in [0.05, 0.1) is 31.5 Å². The number of ether oxygens (including phenoxy) is 3. The molecule has 0 aliphatic heterocycles. The number of aliphatic hydroxyl groups is 1. The number of benzene rings is 2. The summed E-state index contributed by atoms with van der Waals surface area (Å²) in [6, 6.07) is 17.8. The number of hydrogen-bond donors (Lipinski definition) is 1. The van der Waals surface area contributed by atoms with E-state index in [0.717, 1.165) is 22.6 Å². The molecular formula is C27H37N3O4. The first kappa shape index (κ1) is 25.7. The number of aromatic nitrogens is 2. The molecule has 0 saturated carbocycles. The molecule has 0 amide bonds. The minimum atomic E-state index is -0.590. The molecule has 2 aromatic carbocycles. The number of aliphatic hydroxyl groups excluding tert-OH is 1. The van der Waals surface area contributed by atoms with Crippen molar-refractivity contribution in [3.63, 3.8) is 0 Å². The Morgan fingerprint density at radius 1 is 0.971 bits per heavy atom. The second-order valence-corrected chi connectivity index (χ2v) is 8.96. The zero-order chi connectivity index (χ0) is 24.7. The average Bonchev–Trinajstić information content (AvgIpc) is 3.13. The van der Waals surface area contributed by atoms with Crippen LogP contribution in [-0.4, -0.2) is 58.3 Å². The highest BCUT2D eigenvalue weighted by Gasteiger charge is 2.24. The van der Waals surface area contributed by atoms with Crippen molar-refractivity contribution in [2.75, 3.05) is 20.3 Å². The topological polar surface area (TPSA) is 69.0 Å². The van der Waals surface area contributed by atoms with Crippen LogP contribution >= 0.6 is 0 Å². The van der Waals surface area contributed by atoms with Gasteiger partial charge in [0.1, 0.15) is 17.2 Å². The van der Waals surface area contributed by atoms with Gasteiger partial charge >= 0.3 is 0 Å². The Morgan fingerprint density at radius 3 is 2.21 bits per heavy atom. The van der Waals surface area contributed by atoms with Gasteiger partial charge < -0.3 is 19.3 Å². The third-order valence-electron chi connectivity index (χ3n) is 5.57. The van der Waals surface area contributed by atoms with Crippen molar-refractivity contribution in [2.45, 2.75) is 52.5 Å². The predicted molar refractivity (Wildman–Crippen MR) is 134 cm³/mol. The van der Waals surface area contributed by atoms with E-state index in [-0.39, 0.29) is 12.1 Å². The lowest BCUT2D eigenvalue weighted by Gasteiger charge is -2.29. The Morgan fingerprint density at radius 2 is 1.62 bits per heavy atom. The molecule has 1 aromatic heterocycles. The van der Waals surface area contributed by atoms with Crippen molar-refractivity contribution in [1.82, 2.24) is 14.7 Å². The molecule has 0 aliphatic rings. The molecule has 0 aliphatic carbocycles. The van der Waals surface area contributed by atoms with E-state index in [1.165, 1.54) is 0 Å². The normalized spacial score (nSPS) is 12.5. The summed E-state index contributed by atoms with van der Waals surface area (Å²) in [5.74, 6) is 2.14. The lowest BCUT2D eigenvalue weighted by atomic mass is 10.1. The predicted octanol–water partition coefficient (Wildman–Crippen LogP) is 4.88. The fourth-order valence-electron chi connectivity index (χ4n) is 3.69. The Bertz CT molecular complexity index is 1020. The Hall–Kier alpha value is -2.87. The zero-order valence-corrected chi connectivity index (χ0v) is 21.1. The van der Waals surface area contributed by atoms with E-state index in [0.29, 0.717) is 31.3 Å². The molecule has 0 fully saturated rings. The van der Waals surface area contributed by atoms with Gasteiger partial charge in [-0.1, -0.05) is 30.3 Å². The maximum Gasteiger partial charge on any atom is 0.222 e. The molecule has 3 aromatic rings. The van der Waals surface area contributed by atoms with Gasteiger partial charge in [-0.2, -0.15) is 5.10 Å². The molecule has 7 heteroatoms. The maximum atomic E-state index is 10.6. The quantitative estimate of drug-likeness (QED) is 0.409. The highest BCUT2D eigenvalue weighted by Crippen LogP contribution is 2.35. The van der Waals surface area contributed by atoms with E-state index in [1.807, 2.05) is 75.5 Å². The van der Waals surface area contributed by atoms with Crippen LogP contribution in [0.3, 0.4) is 0 Å². The first-order valence-electron chi connectivity index (χ1n) is 11.7. The average molecular weight is 468 g/mol. The van der Waals surface area contributed by atoms with Gasteiger partial charge in [-0.25, -0.2) is 4.68 Å². The lowest BCUT2D eigenvalue weighted by Crippen LogP contribution is -2.39. The zero-order valence-electron chi connectivity index (χ0n) is 21.1. The van der Waals surface area contributed by atoms with E-state index in [2.05, 4.69) is 18.7 Å². The summed E-state index contributed by atoms with van der Waals surface area (Å²) in [7, 11) is 3.53. The van der Waals surface area contributed by atoms with E-state index in [1.54, 1.807) is 11.8 Å². The number of methoxy groups -OCH3 is 1. The monoisotopic (exact) mass is 467 g/mol. The molecule has 184 valence electrons. The minimum Gasteiger partial charge on any atom is -0.497 e. The Kier molecular flexibility index (Phi) is 9.10. The summed E-state index contributed by atoms with van der Waals surface area (Å²) in [4.78, 5) is 2.22. The molecule has 0 unspecified atom stereocenters. The van der Waals surface area contributed by atoms with E-state index in [9.17, 15) is 5.11 Å². The van der Waals surface area contributed by atoms with Gasteiger partial charge in [-0.3, -0.25) is 4.90 Å². The summed E-state index contributed by atoms with van der Waals surface area (Å²) in [5, 5.41) is 15.4. The van der Waals surface area contributed by atoms with Crippen LogP contribution in [0, 0.1) is 0 Å². The van der Waals surface area contributed by atoms with Gasteiger partial charge in [0.2, 0.25) is 5.88 Å². The molecule has 1 atom stereocenters. The molecule has 0 spiro atoms. The number of nitrogens with zero attached hydrogens (tertiary/aromatic N) is 3. The summed E-state index contributed by atoms with van der Waals surface area (Å²) in [5.41, 5.74) is 2.85. The van der Waals surface area contributed by atoms with Crippen molar-refractivity contribution in [3.8, 4) is 28.6 Å². The maximum absolute atomic E-state index is 10.6. The van der Waals surface area contributed by atoms with E-state index >= 15 is 0 Å². The third kappa shape index (κ3) is 6.82. The van der Waals surface area contributed by atoms with Crippen LogP contribution in [0.25, 0.3) is 11.3 Å². The van der Waals surface area contributed by atoms with Gasteiger partial charge in [-0.05, 0) is 52.0 Å². The molecular weight excluding hydrogens is 430 g/mol. The van der Waals surface area contributed by atoms with Crippen LogP contribution in [0.1, 0.15) is 33.3 Å². The standard InChI is InChI=1S/C27H37N3O4/c1-19(2)30(16-22(31)18-33-20(3)4)17-25-26(21-10-8-7-9-11-21)28-29(5)27(25)34-24-14-12-23(32-6)13-15-24/h7-15,19-20,22,31H,16-18H2,1-6H3/t22-/m0/s1. The second-order valence-electron chi connectivity index (χ2n) is 8.96. The van der Waals surface area contributed by atoms with Crippen molar-refractivity contribution in [3.05, 3.63) is 60.2 Å². The fraction of sp³-hybridized carbons (Fsp3) is 0.444. The molecule has 0 saturated heterocycles. The van der Waals surface area contributed by atoms with Gasteiger partial charge in [0, 0.05) is 31.7 Å². The van der Waals surface area contributed by atoms with Gasteiger partial charge in [-0.15, -0.1) is 0 Å². The number of aryl methyl sites for hydroxylation is 1. The van der Waals surface area contributed by atoms with Crippen LogP contribution in [0.5, 0.6) is 17.4 Å². The van der Waals surface area contributed by atoms with Crippen molar-refractivity contribution < 1.29 is 19.3 Å². The van der Waals surface area contributed by atoms with E-state index < -0.39 is 6.10 Å². The molecule has 0 radical (unpaired) electrons. The van der Waals surface area contributed by atoms with E-state index in [4.69, 9.17) is 19.3 Å².